The van der Waals surface area contributed by atoms with Gasteiger partial charge in [-0.2, -0.15) is 0 Å². The van der Waals surface area contributed by atoms with Crippen molar-refractivity contribution in [1.29, 1.82) is 0 Å². The van der Waals surface area contributed by atoms with Crippen LogP contribution in [0.15, 0.2) is 66.9 Å². The van der Waals surface area contributed by atoms with Crippen molar-refractivity contribution >= 4 is 45.5 Å². The van der Waals surface area contributed by atoms with Crippen LogP contribution >= 0.6 is 23.2 Å². The number of phenolic OH excluding ortho intramolecular Hbond substituents is 1. The fraction of sp³-hybridized carbons (Fsp3) is 0.192. The minimum atomic E-state index is -0.102. The van der Waals surface area contributed by atoms with Crippen LogP contribution in [0.3, 0.4) is 0 Å². The summed E-state index contributed by atoms with van der Waals surface area (Å²) in [5, 5.41) is 14.9. The van der Waals surface area contributed by atoms with Gasteiger partial charge in [-0.05, 0) is 85.1 Å². The number of nitrogens with one attached hydrogen (secondary N) is 1. The van der Waals surface area contributed by atoms with E-state index in [9.17, 15) is 5.11 Å². The molecule has 3 aromatic carbocycles. The molecular formula is C26H23Cl2N3O. The second-order valence-corrected chi connectivity index (χ2v) is 9.00. The molecule has 2 N–H and O–H groups in total. The van der Waals surface area contributed by atoms with Crippen LogP contribution in [0.4, 0.5) is 11.4 Å². The van der Waals surface area contributed by atoms with E-state index < -0.39 is 0 Å². The number of fused-ring (bicyclic) bond motifs is 1. The summed E-state index contributed by atoms with van der Waals surface area (Å²) < 4.78 is 0. The minimum absolute atomic E-state index is 0.102. The summed E-state index contributed by atoms with van der Waals surface area (Å²) in [6.07, 6.45) is 4.42. The van der Waals surface area contributed by atoms with E-state index in [1.807, 2.05) is 18.2 Å². The molecule has 0 unspecified atom stereocenters. The van der Waals surface area contributed by atoms with Crippen LogP contribution in [0.1, 0.15) is 18.4 Å². The molecule has 1 aromatic heterocycles. The van der Waals surface area contributed by atoms with Gasteiger partial charge in [0.1, 0.15) is 0 Å². The number of aromatic nitrogens is 1. The topological polar surface area (TPSA) is 48.4 Å². The van der Waals surface area contributed by atoms with Crippen LogP contribution < -0.4 is 5.32 Å². The highest BCUT2D eigenvalue weighted by molar-refractivity contribution is 6.37. The number of aromatic hydroxyl groups is 1. The molecule has 0 radical (unpaired) electrons. The third-order valence-electron chi connectivity index (χ3n) is 5.93. The number of pyridine rings is 1. The second kappa shape index (κ2) is 8.99. The third-order valence-corrected chi connectivity index (χ3v) is 6.51. The fourth-order valence-corrected chi connectivity index (χ4v) is 4.70. The largest absolute Gasteiger partial charge is 0.505 e. The quantitative estimate of drug-likeness (QED) is 0.327. The lowest BCUT2D eigenvalue weighted by Crippen LogP contribution is -2.18. The second-order valence-electron chi connectivity index (χ2n) is 8.18. The molecule has 0 amide bonds. The molecule has 2 heterocycles. The molecule has 32 heavy (non-hydrogen) atoms. The number of rotatable bonds is 5. The average molecular weight is 464 g/mol. The smallest absolute Gasteiger partial charge is 0.152 e. The van der Waals surface area contributed by atoms with Crippen LogP contribution in [0.2, 0.25) is 10.0 Å². The first-order chi connectivity index (χ1) is 15.6. The highest BCUT2D eigenvalue weighted by Gasteiger charge is 2.12. The summed E-state index contributed by atoms with van der Waals surface area (Å²) in [5.74, 6) is -0.102. The number of likely N-dealkylation sites (tertiary alicyclic amines) is 1. The molecule has 6 heteroatoms. The zero-order valence-corrected chi connectivity index (χ0v) is 19.0. The van der Waals surface area contributed by atoms with Crippen molar-refractivity contribution in [2.75, 3.05) is 18.4 Å². The van der Waals surface area contributed by atoms with Crippen molar-refractivity contribution < 1.29 is 5.11 Å². The molecule has 4 aromatic rings. The number of anilines is 2. The van der Waals surface area contributed by atoms with Crippen molar-refractivity contribution in [2.24, 2.45) is 0 Å². The van der Waals surface area contributed by atoms with E-state index in [4.69, 9.17) is 23.2 Å². The summed E-state index contributed by atoms with van der Waals surface area (Å²) in [6, 6.07) is 20.0. The van der Waals surface area contributed by atoms with Crippen LogP contribution in [0.5, 0.6) is 5.75 Å². The Hall–Kier alpha value is -2.79. The molecule has 0 aliphatic carbocycles. The maximum Gasteiger partial charge on any atom is 0.152 e. The molecule has 0 atom stereocenters. The molecule has 1 saturated heterocycles. The average Bonchev–Trinajstić information content (AvgIpc) is 3.31. The van der Waals surface area contributed by atoms with Crippen LogP contribution in [0.25, 0.3) is 22.0 Å². The lowest BCUT2D eigenvalue weighted by atomic mass is 10.0. The molecule has 0 saturated carbocycles. The Morgan fingerprint density at radius 1 is 0.875 bits per heavy atom. The Bertz CT molecular complexity index is 1250. The summed E-state index contributed by atoms with van der Waals surface area (Å²) in [4.78, 5) is 7.00. The van der Waals surface area contributed by atoms with Gasteiger partial charge in [0, 0.05) is 29.5 Å². The Morgan fingerprint density at radius 2 is 1.59 bits per heavy atom. The fourth-order valence-electron chi connectivity index (χ4n) is 4.21. The first-order valence-corrected chi connectivity index (χ1v) is 11.5. The molecular weight excluding hydrogens is 441 g/mol. The molecule has 5 rings (SSSR count). The standard InChI is InChI=1S/C26H23Cl2N3O/c27-22-14-19(15-23(28)26(22)32)18-5-8-24-21(13-18)25(9-10-29-24)30-20-6-3-17(4-7-20)16-31-11-1-2-12-31/h3-10,13-15,32H,1-2,11-12,16H2,(H,29,30). The van der Waals surface area contributed by atoms with Crippen molar-refractivity contribution in [1.82, 2.24) is 9.88 Å². The molecule has 0 bridgehead atoms. The normalized spacial score (nSPS) is 14.2. The Morgan fingerprint density at radius 3 is 2.31 bits per heavy atom. The van der Waals surface area contributed by atoms with Gasteiger partial charge in [0.15, 0.2) is 5.75 Å². The predicted octanol–water partition coefficient (Wildman–Crippen LogP) is 7.25. The van der Waals surface area contributed by atoms with E-state index in [1.165, 1.54) is 31.5 Å². The van der Waals surface area contributed by atoms with Crippen molar-refractivity contribution in [3.05, 3.63) is 82.5 Å². The zero-order valence-electron chi connectivity index (χ0n) is 17.5. The third kappa shape index (κ3) is 4.40. The van der Waals surface area contributed by atoms with Gasteiger partial charge in [-0.15, -0.1) is 0 Å². The zero-order chi connectivity index (χ0) is 22.1. The summed E-state index contributed by atoms with van der Waals surface area (Å²) >= 11 is 12.3. The summed E-state index contributed by atoms with van der Waals surface area (Å²) in [5.41, 5.74) is 6.00. The predicted molar refractivity (Wildman–Crippen MR) is 133 cm³/mol. The Labute approximate surface area is 197 Å². The van der Waals surface area contributed by atoms with Gasteiger partial charge in [-0.1, -0.05) is 41.4 Å². The number of nitrogens with zero attached hydrogens (tertiary/aromatic N) is 2. The van der Waals surface area contributed by atoms with E-state index in [0.717, 1.165) is 39.9 Å². The van der Waals surface area contributed by atoms with Crippen molar-refractivity contribution in [3.63, 3.8) is 0 Å². The van der Waals surface area contributed by atoms with Crippen molar-refractivity contribution in [2.45, 2.75) is 19.4 Å². The molecule has 162 valence electrons. The Kier molecular flexibility index (Phi) is 5.92. The molecule has 0 spiro atoms. The van der Waals surface area contributed by atoms with E-state index in [0.29, 0.717) is 0 Å². The number of benzene rings is 3. The van der Waals surface area contributed by atoms with Crippen molar-refractivity contribution in [3.8, 4) is 16.9 Å². The summed E-state index contributed by atoms with van der Waals surface area (Å²) in [6.45, 7) is 3.41. The lowest BCUT2D eigenvalue weighted by molar-refractivity contribution is 0.331. The van der Waals surface area contributed by atoms with E-state index in [1.54, 1.807) is 18.3 Å². The maximum absolute atomic E-state index is 9.87. The monoisotopic (exact) mass is 463 g/mol. The van der Waals surface area contributed by atoms with E-state index in [-0.39, 0.29) is 15.8 Å². The van der Waals surface area contributed by atoms with E-state index in [2.05, 4.69) is 45.5 Å². The minimum Gasteiger partial charge on any atom is -0.505 e. The van der Waals surface area contributed by atoms with Gasteiger partial charge in [0.2, 0.25) is 0 Å². The Balaban J connectivity index is 1.43. The van der Waals surface area contributed by atoms with Gasteiger partial charge in [0.25, 0.3) is 0 Å². The first kappa shape index (κ1) is 21.1. The number of hydrogen-bond acceptors (Lipinski definition) is 4. The highest BCUT2D eigenvalue weighted by atomic mass is 35.5. The molecule has 4 nitrogen and oxygen atoms in total. The molecule has 1 fully saturated rings. The highest BCUT2D eigenvalue weighted by Crippen LogP contribution is 2.37. The van der Waals surface area contributed by atoms with Gasteiger partial charge in [0.05, 0.1) is 15.6 Å². The molecule has 1 aliphatic heterocycles. The van der Waals surface area contributed by atoms with Crippen LogP contribution in [0, 0.1) is 0 Å². The van der Waals surface area contributed by atoms with Crippen LogP contribution in [-0.2, 0) is 6.54 Å². The lowest BCUT2D eigenvalue weighted by Gasteiger charge is -2.15. The van der Waals surface area contributed by atoms with Crippen LogP contribution in [-0.4, -0.2) is 28.1 Å². The molecule has 1 aliphatic rings. The van der Waals surface area contributed by atoms with Gasteiger partial charge >= 0.3 is 0 Å². The van der Waals surface area contributed by atoms with Gasteiger partial charge in [-0.3, -0.25) is 9.88 Å². The van der Waals surface area contributed by atoms with Gasteiger partial charge in [-0.25, -0.2) is 0 Å². The van der Waals surface area contributed by atoms with Gasteiger partial charge < -0.3 is 10.4 Å². The number of hydrogen-bond donors (Lipinski definition) is 2. The maximum atomic E-state index is 9.87. The van der Waals surface area contributed by atoms with E-state index >= 15 is 0 Å². The summed E-state index contributed by atoms with van der Waals surface area (Å²) in [7, 11) is 0. The number of halogens is 2. The first-order valence-electron chi connectivity index (χ1n) is 10.7. The SMILES string of the molecule is Oc1c(Cl)cc(-c2ccc3nccc(Nc4ccc(CN5CCCC5)cc4)c3c2)cc1Cl. The number of phenols is 1.